The van der Waals surface area contributed by atoms with E-state index in [4.69, 9.17) is 32.5 Å². The first kappa shape index (κ1) is 19.8. The monoisotopic (exact) mass is 438 g/mol. The minimum absolute atomic E-state index is 0.0521. The van der Waals surface area contributed by atoms with Crippen LogP contribution in [0.15, 0.2) is 34.9 Å². The Hall–Kier alpha value is -1.97. The molecule has 0 fully saturated rings. The zero-order chi connectivity index (χ0) is 19.6. The van der Waals surface area contributed by atoms with Crippen LogP contribution in [0.1, 0.15) is 5.56 Å². The lowest BCUT2D eigenvalue weighted by atomic mass is 10.2. The van der Waals surface area contributed by atoms with Crippen molar-refractivity contribution >= 4 is 51.9 Å². The van der Waals surface area contributed by atoms with Crippen molar-refractivity contribution in [3.05, 3.63) is 45.9 Å². The van der Waals surface area contributed by atoms with E-state index in [0.717, 1.165) is 11.5 Å². The lowest BCUT2D eigenvalue weighted by Gasteiger charge is -2.12. The number of anilines is 1. The summed E-state index contributed by atoms with van der Waals surface area (Å²) in [4.78, 5) is 0. The molecule has 0 saturated carbocycles. The van der Waals surface area contributed by atoms with E-state index < -0.39 is 12.1 Å². The SMILES string of the molecule is CSNc1noc2cc(COc3ccc(OC(F)(F)F)c(Cl)c3)c(Cl)cc12. The van der Waals surface area contributed by atoms with E-state index in [1.54, 1.807) is 12.1 Å². The van der Waals surface area contributed by atoms with Crippen molar-refractivity contribution in [1.82, 2.24) is 5.16 Å². The molecule has 0 atom stereocenters. The first-order chi connectivity index (χ1) is 12.8. The van der Waals surface area contributed by atoms with E-state index in [1.165, 1.54) is 24.1 Å². The van der Waals surface area contributed by atoms with Gasteiger partial charge in [0.1, 0.15) is 18.1 Å². The van der Waals surface area contributed by atoms with Gasteiger partial charge in [0.05, 0.1) is 10.4 Å². The Balaban J connectivity index is 1.75. The van der Waals surface area contributed by atoms with Gasteiger partial charge in [-0.05, 0) is 24.3 Å². The van der Waals surface area contributed by atoms with Gasteiger partial charge in [-0.25, -0.2) is 0 Å². The maximum absolute atomic E-state index is 12.3. The molecule has 1 aromatic heterocycles. The van der Waals surface area contributed by atoms with E-state index in [0.29, 0.717) is 22.0 Å². The minimum Gasteiger partial charge on any atom is -0.489 e. The van der Waals surface area contributed by atoms with E-state index >= 15 is 0 Å². The van der Waals surface area contributed by atoms with Crippen LogP contribution in [0.5, 0.6) is 11.5 Å². The molecule has 0 amide bonds. The summed E-state index contributed by atoms with van der Waals surface area (Å²) in [6, 6.07) is 6.99. The zero-order valence-corrected chi connectivity index (χ0v) is 15.9. The third-order valence-electron chi connectivity index (χ3n) is 3.36. The van der Waals surface area contributed by atoms with Gasteiger partial charge in [0.2, 0.25) is 0 Å². The molecule has 1 N–H and O–H groups in total. The fourth-order valence-corrected chi connectivity index (χ4v) is 2.99. The number of aromatic nitrogens is 1. The highest BCUT2D eigenvalue weighted by atomic mass is 35.5. The smallest absolute Gasteiger partial charge is 0.489 e. The Morgan fingerprint density at radius 1 is 1.19 bits per heavy atom. The van der Waals surface area contributed by atoms with Crippen LogP contribution in [0.25, 0.3) is 11.0 Å². The van der Waals surface area contributed by atoms with Gasteiger partial charge in [0, 0.05) is 22.9 Å². The summed E-state index contributed by atoms with van der Waals surface area (Å²) in [5.74, 6) is 0.304. The van der Waals surface area contributed by atoms with E-state index in [9.17, 15) is 13.2 Å². The van der Waals surface area contributed by atoms with Crippen LogP contribution >= 0.6 is 35.1 Å². The number of nitrogens with zero attached hydrogens (tertiary/aromatic N) is 1. The van der Waals surface area contributed by atoms with Crippen LogP contribution in [-0.2, 0) is 6.61 Å². The van der Waals surface area contributed by atoms with Gasteiger partial charge in [-0.1, -0.05) is 40.3 Å². The Labute approximate surface area is 165 Å². The van der Waals surface area contributed by atoms with Crippen molar-refractivity contribution in [3.63, 3.8) is 0 Å². The first-order valence-electron chi connectivity index (χ1n) is 7.31. The molecule has 27 heavy (non-hydrogen) atoms. The largest absolute Gasteiger partial charge is 0.573 e. The molecule has 0 spiro atoms. The number of alkyl halides is 3. The molecule has 144 valence electrons. The fraction of sp³-hybridized carbons (Fsp3) is 0.188. The number of halogens is 5. The summed E-state index contributed by atoms with van der Waals surface area (Å²) in [6.45, 7) is 0.0521. The molecule has 0 unspecified atom stereocenters. The maximum Gasteiger partial charge on any atom is 0.573 e. The van der Waals surface area contributed by atoms with Crippen molar-refractivity contribution in [2.45, 2.75) is 13.0 Å². The van der Waals surface area contributed by atoms with Gasteiger partial charge in [-0.15, -0.1) is 13.2 Å². The molecule has 0 radical (unpaired) electrons. The van der Waals surface area contributed by atoms with Gasteiger partial charge >= 0.3 is 6.36 Å². The summed E-state index contributed by atoms with van der Waals surface area (Å²) in [5, 5.41) is 4.83. The van der Waals surface area contributed by atoms with Crippen molar-refractivity contribution in [2.75, 3.05) is 11.0 Å². The maximum atomic E-state index is 12.3. The van der Waals surface area contributed by atoms with Crippen LogP contribution in [0.4, 0.5) is 19.0 Å². The zero-order valence-electron chi connectivity index (χ0n) is 13.6. The van der Waals surface area contributed by atoms with E-state index in [2.05, 4.69) is 14.6 Å². The molecule has 3 aromatic rings. The standard InChI is InChI=1S/C16H11Cl2F3N2O3S/c1-27-23-15-10-6-11(17)8(4-14(10)26-22-15)7-24-9-2-3-13(12(18)5-9)25-16(19,20)21/h2-6H,7H2,1H3,(H,22,23). The average molecular weight is 439 g/mol. The van der Waals surface area contributed by atoms with Crippen molar-refractivity contribution in [1.29, 1.82) is 0 Å². The van der Waals surface area contributed by atoms with Gasteiger partial charge in [0.25, 0.3) is 0 Å². The predicted molar refractivity (Wildman–Crippen MR) is 98.6 cm³/mol. The normalized spacial score (nSPS) is 11.6. The Morgan fingerprint density at radius 3 is 2.63 bits per heavy atom. The Morgan fingerprint density at radius 2 is 1.96 bits per heavy atom. The Kier molecular flexibility index (Phi) is 5.83. The highest BCUT2D eigenvalue weighted by Crippen LogP contribution is 2.34. The minimum atomic E-state index is -4.82. The quantitative estimate of drug-likeness (QED) is 0.455. The summed E-state index contributed by atoms with van der Waals surface area (Å²) >= 11 is 13.4. The lowest BCUT2D eigenvalue weighted by Crippen LogP contribution is -2.17. The number of nitrogens with one attached hydrogen (secondary N) is 1. The molecule has 0 aliphatic carbocycles. The molecule has 2 aromatic carbocycles. The second-order valence-corrected chi connectivity index (χ2v) is 6.63. The molecule has 3 rings (SSSR count). The van der Waals surface area contributed by atoms with Crippen molar-refractivity contribution in [3.8, 4) is 11.5 Å². The molecule has 1 heterocycles. The number of rotatable bonds is 6. The van der Waals surface area contributed by atoms with Gasteiger partial charge in [-0.3, -0.25) is 0 Å². The van der Waals surface area contributed by atoms with Crippen LogP contribution < -0.4 is 14.2 Å². The second kappa shape index (κ2) is 7.95. The molecule has 0 aliphatic rings. The molecule has 11 heteroatoms. The Bertz CT molecular complexity index is 966. The number of hydrogen-bond acceptors (Lipinski definition) is 6. The average Bonchev–Trinajstić information content (AvgIpc) is 2.96. The van der Waals surface area contributed by atoms with Crippen molar-refractivity contribution in [2.24, 2.45) is 0 Å². The topological polar surface area (TPSA) is 56.5 Å². The lowest BCUT2D eigenvalue weighted by molar-refractivity contribution is -0.274. The fourth-order valence-electron chi connectivity index (χ4n) is 2.22. The van der Waals surface area contributed by atoms with Crippen LogP contribution in [0.3, 0.4) is 0 Å². The van der Waals surface area contributed by atoms with E-state index in [1.807, 2.05) is 6.26 Å². The summed E-state index contributed by atoms with van der Waals surface area (Å²) in [6.07, 6.45) is -2.98. The number of hydrogen-bond donors (Lipinski definition) is 1. The van der Waals surface area contributed by atoms with Gasteiger partial charge in [-0.2, -0.15) is 0 Å². The molecular weight excluding hydrogens is 428 g/mol. The van der Waals surface area contributed by atoms with Crippen molar-refractivity contribution < 1.29 is 27.2 Å². The number of ether oxygens (including phenoxy) is 2. The van der Waals surface area contributed by atoms with Gasteiger partial charge in [0.15, 0.2) is 11.4 Å². The summed E-state index contributed by atoms with van der Waals surface area (Å²) in [7, 11) is 0. The number of benzene rings is 2. The summed E-state index contributed by atoms with van der Waals surface area (Å²) < 4.78 is 54.4. The molecular formula is C16H11Cl2F3N2O3S. The number of fused-ring (bicyclic) bond motifs is 1. The summed E-state index contributed by atoms with van der Waals surface area (Å²) in [5.41, 5.74) is 1.13. The first-order valence-corrected chi connectivity index (χ1v) is 9.30. The second-order valence-electron chi connectivity index (χ2n) is 5.21. The van der Waals surface area contributed by atoms with Crippen LogP contribution in [0.2, 0.25) is 10.0 Å². The third kappa shape index (κ3) is 4.85. The van der Waals surface area contributed by atoms with Crippen LogP contribution in [-0.4, -0.2) is 17.8 Å². The highest BCUT2D eigenvalue weighted by molar-refractivity contribution is 7.99. The highest BCUT2D eigenvalue weighted by Gasteiger charge is 2.32. The van der Waals surface area contributed by atoms with Gasteiger partial charge < -0.3 is 18.7 Å². The third-order valence-corrected chi connectivity index (χ3v) is 4.41. The molecule has 0 saturated heterocycles. The van der Waals surface area contributed by atoms with Crippen LogP contribution in [0, 0.1) is 0 Å². The van der Waals surface area contributed by atoms with E-state index in [-0.39, 0.29) is 17.4 Å². The molecule has 0 bridgehead atoms. The molecule has 5 nitrogen and oxygen atoms in total. The predicted octanol–water partition coefficient (Wildman–Crippen LogP) is 6.30. The molecule has 0 aliphatic heterocycles.